The van der Waals surface area contributed by atoms with E-state index in [1.165, 1.54) is 125 Å². The number of benzene rings is 6. The van der Waals surface area contributed by atoms with Gasteiger partial charge in [-0.05, 0) is 139 Å². The largest absolute Gasteiger partial charge is 0.534 e. The van der Waals surface area contributed by atoms with Crippen LogP contribution in [0.4, 0.5) is 79.0 Å². The van der Waals surface area contributed by atoms with Gasteiger partial charge in [-0.3, -0.25) is 0 Å². The molecular weight excluding hydrogens is 1810 g/mol. The minimum atomic E-state index is -7.22. The monoisotopic (exact) mass is 1870 g/mol. The summed E-state index contributed by atoms with van der Waals surface area (Å²) in [6, 6.07) is 9.26. The number of hydrogen-bond acceptors (Lipinski definition) is 24. The zero-order valence-electron chi connectivity index (χ0n) is 62.0. The van der Waals surface area contributed by atoms with Crippen LogP contribution in [0.1, 0.15) is 158 Å². The molecule has 114 heavy (non-hydrogen) atoms. The van der Waals surface area contributed by atoms with Crippen LogP contribution in [-0.2, 0) is 93.2 Å². The van der Waals surface area contributed by atoms with E-state index in [1.807, 2.05) is 0 Å². The summed E-state index contributed by atoms with van der Waals surface area (Å²) in [4.78, 5) is 0. The minimum Gasteiger partial charge on any atom is -0.373 e. The molecule has 0 spiro atoms. The van der Waals surface area contributed by atoms with E-state index < -0.39 is 217 Å². The van der Waals surface area contributed by atoms with Crippen LogP contribution >= 0.6 is 68.0 Å². The van der Waals surface area contributed by atoms with Crippen molar-refractivity contribution in [2.45, 2.75) is 190 Å². The fourth-order valence-corrected chi connectivity index (χ4v) is 19.7. The predicted octanol–water partition coefficient (Wildman–Crippen LogP) is 23.2. The highest BCUT2D eigenvalue weighted by Gasteiger charge is 2.54. The molecule has 0 unspecified atom stereocenters. The Hall–Kier alpha value is -6.12. The molecule has 0 N–H and O–H groups in total. The van der Waals surface area contributed by atoms with Crippen molar-refractivity contribution in [3.63, 3.8) is 0 Å². The Balaban J connectivity index is 2.25. The zero-order chi connectivity index (χ0) is 87.8. The van der Waals surface area contributed by atoms with E-state index in [2.05, 4.69) is 0 Å². The van der Waals surface area contributed by atoms with Crippen molar-refractivity contribution in [1.29, 1.82) is 0 Å². The van der Waals surface area contributed by atoms with Gasteiger partial charge in [0.1, 0.15) is 0 Å². The first-order chi connectivity index (χ1) is 50.5. The molecule has 0 saturated carbocycles. The van der Waals surface area contributed by atoms with Crippen molar-refractivity contribution in [3.8, 4) is 34.5 Å². The maximum absolute atomic E-state index is 15.1. The summed E-state index contributed by atoms with van der Waals surface area (Å²) in [5.41, 5.74) is -50.0. The normalized spacial score (nSPS) is 14.2. The van der Waals surface area contributed by atoms with E-state index in [9.17, 15) is 50.5 Å². The van der Waals surface area contributed by atoms with E-state index in [0.717, 1.165) is 72.8 Å². The highest BCUT2D eigenvalue weighted by Crippen LogP contribution is 2.53. The van der Waals surface area contributed by atoms with Gasteiger partial charge < -0.3 is 25.1 Å². The first-order valence-corrected chi connectivity index (χ1v) is 45.1. The molecule has 7 aromatic rings. The van der Waals surface area contributed by atoms with E-state index in [0.29, 0.717) is 0 Å². The van der Waals surface area contributed by atoms with Crippen molar-refractivity contribution in [1.82, 2.24) is 0 Å². The Morgan fingerprint density at radius 2 is 0.263 bits per heavy atom. The van der Waals surface area contributed by atoms with Gasteiger partial charge >= 0.3 is 93.8 Å². The van der Waals surface area contributed by atoms with Crippen molar-refractivity contribution in [3.05, 3.63) is 106 Å². The number of rotatable bonds is 12. The molecule has 0 aliphatic rings. The topological polar surface area (TPSA) is 260 Å². The van der Waals surface area contributed by atoms with Gasteiger partial charge in [-0.15, -0.1) is 68.0 Å². The third-order valence-electron chi connectivity index (χ3n) is 15.5. The first-order valence-electron chi connectivity index (χ1n) is 31.7. The fraction of sp³-hybridized carbons (Fsp3) is 0.455. The van der Waals surface area contributed by atoms with E-state index in [1.54, 1.807) is 0 Å². The van der Waals surface area contributed by atoms with Gasteiger partial charge in [0.15, 0.2) is 34.5 Å². The molecule has 0 radical (unpaired) electrons. The van der Waals surface area contributed by atoms with Crippen molar-refractivity contribution in [2.24, 2.45) is 0 Å². The molecule has 0 fully saturated rings. The molecule has 18 nitrogen and oxygen atoms in total. The summed E-state index contributed by atoms with van der Waals surface area (Å²) in [7, 11) is -43.3. The number of halogens is 18. The van der Waals surface area contributed by atoms with Crippen LogP contribution in [0.5, 0.6) is 34.5 Å². The van der Waals surface area contributed by atoms with Crippen molar-refractivity contribution >= 4 is 185 Å². The summed E-state index contributed by atoms with van der Waals surface area (Å²) in [6.45, 7) is 24.0. The molecule has 48 heteroatoms. The second kappa shape index (κ2) is 30.6. The molecular formula is C66H66F18O18S12. The zero-order valence-corrected chi connectivity index (χ0v) is 71.8. The Kier molecular flexibility index (Phi) is 25.5. The van der Waals surface area contributed by atoms with E-state index >= 15 is 79.0 Å². The third-order valence-corrected chi connectivity index (χ3v) is 27.5. The standard InChI is InChI=1S/C66H66F18O18S12/c1-55(2,3)31-19-37-49(97-109(85,86)61(67,68)69)38(20-31)104-40-22-33(57(7,8)9)24-42(51(40)99-111(89,90)63(73,74)75)106-44-26-35(59(13,14)15)28-46(53(44)101-113(93,94)65(79,80)81)108-48-30-36(60(16,17)18)29-47(54(48)102-114(95,96)66(82,83)84)107-45-27-34(58(10,11)12)25-43(52(45)100-112(91,92)64(76,77)78)105-41-23-32(56(4,5)6)21-39(103-37)50(41)98-110(87,88)62(70,71)72/h19-30H,1-18H3. The van der Waals surface area contributed by atoms with Crippen LogP contribution < -0.4 is 25.1 Å². The predicted molar refractivity (Wildman–Crippen MR) is 404 cm³/mol. The summed E-state index contributed by atoms with van der Waals surface area (Å²) in [5.74, 6) is -10.1. The Bertz CT molecular complexity index is 4950. The van der Waals surface area contributed by atoms with Gasteiger partial charge in [-0.1, -0.05) is 125 Å². The lowest BCUT2D eigenvalue weighted by atomic mass is 9.87. The van der Waals surface area contributed by atoms with Crippen LogP contribution in [0.25, 0.3) is 56.4 Å². The fourth-order valence-electron chi connectivity index (χ4n) is 9.11. The molecule has 0 aliphatic carbocycles. The molecule has 1 aromatic heterocycles. The number of alkyl halides is 18. The Labute approximate surface area is 665 Å². The van der Waals surface area contributed by atoms with Gasteiger partial charge in [0, 0.05) is 0 Å². The molecule has 636 valence electrons. The maximum atomic E-state index is 15.1. The van der Waals surface area contributed by atoms with Gasteiger partial charge in [0.25, 0.3) is 0 Å². The molecule has 0 atom stereocenters. The molecule has 1 heterocycles. The molecule has 0 amide bonds. The minimum absolute atomic E-state index is 0.247. The highest BCUT2D eigenvalue weighted by molar-refractivity contribution is 7.89. The molecule has 0 aliphatic heterocycles. The molecule has 6 aromatic carbocycles. The quantitative estimate of drug-likeness (QED) is 0.0625. The first kappa shape index (κ1) is 95.0. The van der Waals surface area contributed by atoms with Gasteiger partial charge in [0.2, 0.25) is 0 Å². The van der Waals surface area contributed by atoms with Crippen molar-refractivity contribution in [2.75, 3.05) is 0 Å². The van der Waals surface area contributed by atoms with Gasteiger partial charge in [-0.2, -0.15) is 130 Å². The van der Waals surface area contributed by atoms with E-state index in [-0.39, 0.29) is 101 Å². The van der Waals surface area contributed by atoms with Crippen molar-refractivity contribution < 1.29 is 155 Å². The lowest BCUT2D eigenvalue weighted by molar-refractivity contribution is -0.0504. The second-order valence-electron chi connectivity index (χ2n) is 30.8. The summed E-state index contributed by atoms with van der Waals surface area (Å²) < 4.78 is 452. The maximum Gasteiger partial charge on any atom is 0.534 e. The molecule has 7 rings (SSSR count). The van der Waals surface area contributed by atoms with Crippen LogP contribution in [0.3, 0.4) is 0 Å². The van der Waals surface area contributed by atoms with E-state index in [4.69, 9.17) is 25.1 Å². The van der Waals surface area contributed by atoms with Crippen LogP contribution in [0, 0.1) is 0 Å². The average Bonchev–Trinajstić information content (AvgIpc) is 0.752. The number of fused-ring (bicyclic) bond motifs is 12. The summed E-state index contributed by atoms with van der Waals surface area (Å²) in [6.07, 6.45) is 0. The smallest absolute Gasteiger partial charge is 0.373 e. The molecule has 0 saturated heterocycles. The second-order valence-corrected chi connectivity index (χ2v) is 46.6. The number of hydrogen-bond donors (Lipinski definition) is 0. The summed E-state index contributed by atoms with van der Waals surface area (Å²) in [5, 5.41) is 0. The Morgan fingerprint density at radius 1 is 0.184 bits per heavy atom. The van der Waals surface area contributed by atoms with Gasteiger partial charge in [-0.25, -0.2) is 0 Å². The summed E-state index contributed by atoms with van der Waals surface area (Å²) >= 11 is -1.48. The van der Waals surface area contributed by atoms with Crippen LogP contribution in [-0.4, -0.2) is 83.6 Å². The third kappa shape index (κ3) is 21.3. The lowest BCUT2D eigenvalue weighted by Crippen LogP contribution is -2.28. The average molecular weight is 1870 g/mol. The molecule has 12 bridgehead atoms. The van der Waals surface area contributed by atoms with Crippen LogP contribution in [0.15, 0.2) is 72.8 Å². The van der Waals surface area contributed by atoms with Crippen LogP contribution in [0.2, 0.25) is 0 Å². The lowest BCUT2D eigenvalue weighted by Gasteiger charge is -2.23. The van der Waals surface area contributed by atoms with Gasteiger partial charge in [0.05, 0.1) is 56.4 Å². The SMILES string of the molecule is CC(C)(C)c1cc2sc3cc(C(C)(C)C)cc(sc4cc(C(C)(C)C)cc(sc5cc(C(C)(C)C)cc(sc6cc(C(C)(C)C)cc(sc7cc(C(C)(C)C)cc(sc(c1)c2OS(=O)(=O)C(F)(F)F)c7OS(=O)(=O)C(F)(F)F)c6OS(=O)(=O)C(F)(F)F)c5OS(=O)(=O)C(F)(F)F)c4OS(=O)(=O)C(F)(F)F)c3OS(=O)(=O)C(F)(F)F. The Morgan fingerprint density at radius 3 is 0.325 bits per heavy atom. The highest BCUT2D eigenvalue weighted by atomic mass is 32.2.